The van der Waals surface area contributed by atoms with Crippen molar-refractivity contribution in [3.63, 3.8) is 0 Å². The molecule has 0 aliphatic heterocycles. The normalized spacial score (nSPS) is 11.2. The molecule has 3 aromatic rings. The Hall–Kier alpha value is -1.90. The fourth-order valence-corrected chi connectivity index (χ4v) is 3.35. The van der Waals surface area contributed by atoms with E-state index in [-0.39, 0.29) is 0 Å². The van der Waals surface area contributed by atoms with Crippen molar-refractivity contribution in [2.75, 3.05) is 13.7 Å². The average molecular weight is 380 g/mol. The highest BCUT2D eigenvalue weighted by Crippen LogP contribution is 2.30. The van der Waals surface area contributed by atoms with Crippen LogP contribution in [0.25, 0.3) is 11.4 Å². The van der Waals surface area contributed by atoms with Gasteiger partial charge in [-0.3, -0.25) is 0 Å². The van der Waals surface area contributed by atoms with Gasteiger partial charge >= 0.3 is 0 Å². The number of aromatic nitrogens is 5. The van der Waals surface area contributed by atoms with Gasteiger partial charge in [0.15, 0.2) is 11.0 Å². The van der Waals surface area contributed by atoms with Gasteiger partial charge in [0.2, 0.25) is 11.8 Å². The van der Waals surface area contributed by atoms with Crippen molar-refractivity contribution in [2.24, 2.45) is 0 Å². The van der Waals surface area contributed by atoms with Crippen molar-refractivity contribution < 1.29 is 9.15 Å². The number of thioether (sulfide) groups is 1. The van der Waals surface area contributed by atoms with E-state index in [0.717, 1.165) is 29.5 Å². The van der Waals surface area contributed by atoms with Crippen LogP contribution in [0.4, 0.5) is 0 Å². The number of nitrogens with zero attached hydrogens (tertiary/aromatic N) is 5. The number of ether oxygens (including phenoxy) is 1. The maximum atomic E-state index is 6.33. The van der Waals surface area contributed by atoms with Crippen LogP contribution in [0.1, 0.15) is 18.2 Å². The van der Waals surface area contributed by atoms with Crippen LogP contribution in [-0.2, 0) is 17.0 Å². The molecular weight excluding hydrogens is 362 g/mol. The zero-order valence-corrected chi connectivity index (χ0v) is 15.5. The maximum absolute atomic E-state index is 6.33. The van der Waals surface area contributed by atoms with E-state index in [1.54, 1.807) is 14.0 Å². The van der Waals surface area contributed by atoms with Crippen LogP contribution in [0, 0.1) is 6.92 Å². The Balaban J connectivity index is 1.85. The van der Waals surface area contributed by atoms with Gasteiger partial charge in [0.05, 0.1) is 10.8 Å². The van der Waals surface area contributed by atoms with Crippen molar-refractivity contribution in [3.8, 4) is 11.4 Å². The predicted molar refractivity (Wildman–Crippen MR) is 95.6 cm³/mol. The van der Waals surface area contributed by atoms with E-state index in [0.29, 0.717) is 29.2 Å². The van der Waals surface area contributed by atoms with Crippen molar-refractivity contribution in [1.29, 1.82) is 0 Å². The minimum atomic E-state index is 0.534. The molecule has 0 spiro atoms. The molecule has 0 aliphatic carbocycles. The second-order valence-corrected chi connectivity index (χ2v) is 6.64. The number of rotatable bonds is 8. The average Bonchev–Trinajstić information content (AvgIpc) is 3.20. The lowest BCUT2D eigenvalue weighted by atomic mass is 10.2. The first kappa shape index (κ1) is 17.9. The van der Waals surface area contributed by atoms with Crippen molar-refractivity contribution in [3.05, 3.63) is 41.1 Å². The number of hydrogen-bond donors (Lipinski definition) is 0. The number of hydrogen-bond acceptors (Lipinski definition) is 7. The molecule has 0 amide bonds. The lowest BCUT2D eigenvalue weighted by Crippen LogP contribution is -2.05. The summed E-state index contributed by atoms with van der Waals surface area (Å²) in [4.78, 5) is 0. The van der Waals surface area contributed by atoms with E-state index in [2.05, 4.69) is 20.4 Å². The van der Waals surface area contributed by atoms with E-state index in [9.17, 15) is 0 Å². The molecule has 2 heterocycles. The molecule has 9 heteroatoms. The molecule has 3 rings (SSSR count). The van der Waals surface area contributed by atoms with Crippen molar-refractivity contribution in [2.45, 2.75) is 30.8 Å². The van der Waals surface area contributed by atoms with Gasteiger partial charge in [0, 0.05) is 32.7 Å². The topological polar surface area (TPSA) is 78.9 Å². The van der Waals surface area contributed by atoms with Gasteiger partial charge in [-0.1, -0.05) is 35.5 Å². The molecule has 0 saturated heterocycles. The highest BCUT2D eigenvalue weighted by Gasteiger charge is 2.17. The first-order chi connectivity index (χ1) is 12.2. The molecule has 0 aliphatic rings. The van der Waals surface area contributed by atoms with Crippen LogP contribution in [0.2, 0.25) is 5.02 Å². The molecule has 0 fully saturated rings. The summed E-state index contributed by atoms with van der Waals surface area (Å²) in [5, 5.41) is 17.9. The third-order valence-electron chi connectivity index (χ3n) is 3.45. The van der Waals surface area contributed by atoms with Gasteiger partial charge in [-0.15, -0.1) is 20.4 Å². The fourth-order valence-electron chi connectivity index (χ4n) is 2.33. The Labute approximate surface area is 154 Å². The minimum absolute atomic E-state index is 0.534. The molecule has 0 N–H and O–H groups in total. The SMILES string of the molecule is COCCCn1c(SCc2nnc(C)o2)nnc1-c1ccccc1Cl. The molecule has 25 heavy (non-hydrogen) atoms. The van der Waals surface area contributed by atoms with Crippen LogP contribution in [0.15, 0.2) is 33.8 Å². The van der Waals surface area contributed by atoms with Crippen molar-refractivity contribution >= 4 is 23.4 Å². The summed E-state index contributed by atoms with van der Waals surface area (Å²) in [5.74, 6) is 2.39. The second kappa shape index (κ2) is 8.46. The molecule has 0 bridgehead atoms. The molecule has 0 unspecified atom stereocenters. The van der Waals surface area contributed by atoms with Gasteiger partial charge in [-0.25, -0.2) is 0 Å². The zero-order valence-electron chi connectivity index (χ0n) is 14.0. The molecule has 7 nitrogen and oxygen atoms in total. The molecule has 0 atom stereocenters. The highest BCUT2D eigenvalue weighted by atomic mass is 35.5. The number of aryl methyl sites for hydroxylation is 1. The monoisotopic (exact) mass is 379 g/mol. The van der Waals surface area contributed by atoms with Crippen LogP contribution in [-0.4, -0.2) is 38.7 Å². The first-order valence-corrected chi connectivity index (χ1v) is 9.14. The van der Waals surface area contributed by atoms with E-state index >= 15 is 0 Å². The summed E-state index contributed by atoms with van der Waals surface area (Å²) < 4.78 is 12.6. The summed E-state index contributed by atoms with van der Waals surface area (Å²) in [6.45, 7) is 3.16. The largest absolute Gasteiger partial charge is 0.425 e. The molecule has 132 valence electrons. The summed E-state index contributed by atoms with van der Waals surface area (Å²) in [7, 11) is 1.69. The summed E-state index contributed by atoms with van der Waals surface area (Å²) in [5.41, 5.74) is 0.856. The smallest absolute Gasteiger partial charge is 0.226 e. The maximum Gasteiger partial charge on any atom is 0.226 e. The van der Waals surface area contributed by atoms with Gasteiger partial charge in [-0.05, 0) is 18.6 Å². The number of methoxy groups -OCH3 is 1. The van der Waals surface area contributed by atoms with E-state index < -0.39 is 0 Å². The third-order valence-corrected chi connectivity index (χ3v) is 4.74. The molecule has 2 aromatic heterocycles. The lowest BCUT2D eigenvalue weighted by Gasteiger charge is -2.10. The Kier molecular flexibility index (Phi) is 6.06. The number of halogens is 1. The third kappa shape index (κ3) is 4.39. The molecular formula is C16H18ClN5O2S. The molecule has 1 aromatic carbocycles. The lowest BCUT2D eigenvalue weighted by molar-refractivity contribution is 0.189. The first-order valence-electron chi connectivity index (χ1n) is 7.78. The highest BCUT2D eigenvalue weighted by molar-refractivity contribution is 7.98. The van der Waals surface area contributed by atoms with Gasteiger partial charge in [0.1, 0.15) is 0 Å². The van der Waals surface area contributed by atoms with Gasteiger partial charge in [0.25, 0.3) is 0 Å². The second-order valence-electron chi connectivity index (χ2n) is 5.29. The fraction of sp³-hybridized carbons (Fsp3) is 0.375. The van der Waals surface area contributed by atoms with Crippen LogP contribution < -0.4 is 0 Å². The van der Waals surface area contributed by atoms with Crippen LogP contribution in [0.3, 0.4) is 0 Å². The van der Waals surface area contributed by atoms with Gasteiger partial charge < -0.3 is 13.7 Å². The Morgan fingerprint density at radius 1 is 1.20 bits per heavy atom. The Bertz CT molecular complexity index is 836. The van der Waals surface area contributed by atoms with E-state index in [1.807, 2.05) is 28.8 Å². The molecule has 0 radical (unpaired) electrons. The summed E-state index contributed by atoms with van der Waals surface area (Å²) >= 11 is 7.83. The summed E-state index contributed by atoms with van der Waals surface area (Å²) in [6.07, 6.45) is 0.846. The predicted octanol–water partition coefficient (Wildman–Crippen LogP) is 3.62. The van der Waals surface area contributed by atoms with Crippen LogP contribution in [0.5, 0.6) is 0 Å². The molecule has 0 saturated carbocycles. The van der Waals surface area contributed by atoms with E-state index in [1.165, 1.54) is 11.8 Å². The van der Waals surface area contributed by atoms with E-state index in [4.69, 9.17) is 20.8 Å². The van der Waals surface area contributed by atoms with Crippen LogP contribution >= 0.6 is 23.4 Å². The number of benzene rings is 1. The minimum Gasteiger partial charge on any atom is -0.425 e. The Morgan fingerprint density at radius 2 is 2.04 bits per heavy atom. The zero-order chi connectivity index (χ0) is 17.6. The summed E-state index contributed by atoms with van der Waals surface area (Å²) in [6, 6.07) is 7.61. The van der Waals surface area contributed by atoms with Gasteiger partial charge in [-0.2, -0.15) is 0 Å². The standard InChI is InChI=1S/C16H18ClN5O2S/c1-11-18-19-14(24-11)10-25-16-21-20-15(22(16)8-5-9-23-2)12-6-3-4-7-13(12)17/h3-4,6-7H,5,8-10H2,1-2H3. The quantitative estimate of drug-likeness (QED) is 0.436. The van der Waals surface area contributed by atoms with Crippen molar-refractivity contribution in [1.82, 2.24) is 25.0 Å². The Morgan fingerprint density at radius 3 is 2.76 bits per heavy atom.